The van der Waals surface area contributed by atoms with Crippen molar-refractivity contribution in [2.75, 3.05) is 20.0 Å². The molecule has 1 heterocycles. The molecule has 2 atom stereocenters. The third-order valence-electron chi connectivity index (χ3n) is 7.03. The molecule has 0 amide bonds. The van der Waals surface area contributed by atoms with Crippen LogP contribution < -0.4 is 9.47 Å². The highest BCUT2D eigenvalue weighted by molar-refractivity contribution is 7.99. The topological polar surface area (TPSA) is 55.8 Å². The number of carbonyl (C=O) groups is 1. The fourth-order valence-corrected chi connectivity index (χ4v) is 6.36. The van der Waals surface area contributed by atoms with E-state index in [4.69, 9.17) is 14.6 Å². The Labute approximate surface area is 216 Å². The highest BCUT2D eigenvalue weighted by Gasteiger charge is 2.41. The molecule has 194 valence electrons. The molecule has 2 aromatic carbocycles. The van der Waals surface area contributed by atoms with E-state index >= 15 is 0 Å². The van der Waals surface area contributed by atoms with Crippen LogP contribution in [0.2, 0.25) is 0 Å². The third kappa shape index (κ3) is 8.20. The zero-order valence-electron chi connectivity index (χ0n) is 22.3. The molecule has 4 nitrogen and oxygen atoms in total. The first-order chi connectivity index (χ1) is 17.0. The molecule has 2 aromatic rings. The summed E-state index contributed by atoms with van der Waals surface area (Å²) in [6.45, 7) is 6.42. The molecule has 0 spiro atoms. The van der Waals surface area contributed by atoms with Crippen LogP contribution in [0.5, 0.6) is 11.5 Å². The second-order valence-corrected chi connectivity index (χ2v) is 10.3. The number of thioether (sulfide) groups is 1. The van der Waals surface area contributed by atoms with Gasteiger partial charge in [0, 0.05) is 22.5 Å². The number of benzene rings is 2. The number of methoxy groups -OCH3 is 2. The van der Waals surface area contributed by atoms with Crippen LogP contribution in [0.4, 0.5) is 0 Å². The van der Waals surface area contributed by atoms with Crippen LogP contribution in [0.1, 0.15) is 95.6 Å². The van der Waals surface area contributed by atoms with Crippen LogP contribution in [-0.2, 0) is 10.2 Å². The molecule has 2 unspecified atom stereocenters. The van der Waals surface area contributed by atoms with E-state index in [1.54, 1.807) is 14.2 Å². The molecule has 35 heavy (non-hydrogen) atoms. The minimum Gasteiger partial charge on any atom is -0.497 e. The lowest BCUT2D eigenvalue weighted by Gasteiger charge is -2.43. The molecular weight excluding hydrogens is 456 g/mol. The number of carboxylic acid groups (broad SMARTS) is 1. The lowest BCUT2D eigenvalue weighted by Crippen LogP contribution is -2.36. The molecule has 0 radical (unpaired) electrons. The van der Waals surface area contributed by atoms with Crippen molar-refractivity contribution in [2.45, 2.75) is 94.8 Å². The van der Waals surface area contributed by atoms with E-state index in [0.717, 1.165) is 36.5 Å². The van der Waals surface area contributed by atoms with Crippen molar-refractivity contribution in [1.29, 1.82) is 0 Å². The minimum absolute atomic E-state index is 0.0648. The fraction of sp³-hybridized carbons (Fsp3) is 0.567. The van der Waals surface area contributed by atoms with Crippen LogP contribution >= 0.6 is 11.8 Å². The van der Waals surface area contributed by atoms with Gasteiger partial charge in [-0.1, -0.05) is 77.5 Å². The van der Waals surface area contributed by atoms with E-state index in [0.29, 0.717) is 12.3 Å². The van der Waals surface area contributed by atoms with Crippen molar-refractivity contribution in [3.63, 3.8) is 0 Å². The Morgan fingerprint density at radius 3 is 2.09 bits per heavy atom. The van der Waals surface area contributed by atoms with E-state index in [-0.39, 0.29) is 5.41 Å². The van der Waals surface area contributed by atoms with Gasteiger partial charge >= 0.3 is 5.97 Å². The van der Waals surface area contributed by atoms with Crippen molar-refractivity contribution >= 4 is 17.7 Å². The van der Waals surface area contributed by atoms with Crippen LogP contribution in [0.25, 0.3) is 0 Å². The molecule has 0 fully saturated rings. The number of hydrogen-bond acceptors (Lipinski definition) is 4. The molecule has 0 aromatic heterocycles. The van der Waals surface area contributed by atoms with Crippen LogP contribution in [0.15, 0.2) is 47.4 Å². The van der Waals surface area contributed by atoms with Crippen molar-refractivity contribution in [2.24, 2.45) is 0 Å². The Morgan fingerprint density at radius 1 is 0.914 bits per heavy atom. The van der Waals surface area contributed by atoms with E-state index in [1.165, 1.54) is 48.1 Å². The zero-order valence-corrected chi connectivity index (χ0v) is 23.1. The standard InChI is InChI=1S/C28H38O4S.C2H6/c1-28(21-13-15-22(31-2)16-14-21)20-33-26-19-23(32-3)17-18-24(26)25(28)11-9-7-5-4-6-8-10-12-27(29)30;1-2/h13-19,25H,4-12,20H2,1-3H3,(H,29,30);1-2H3. The second kappa shape index (κ2) is 15.1. The Kier molecular flexibility index (Phi) is 12.5. The average molecular weight is 501 g/mol. The van der Waals surface area contributed by atoms with E-state index in [9.17, 15) is 4.79 Å². The molecule has 1 aliphatic heterocycles. The lowest BCUT2D eigenvalue weighted by molar-refractivity contribution is -0.137. The van der Waals surface area contributed by atoms with E-state index in [2.05, 4.69) is 49.4 Å². The maximum Gasteiger partial charge on any atom is 0.303 e. The van der Waals surface area contributed by atoms with E-state index < -0.39 is 5.97 Å². The summed E-state index contributed by atoms with van der Waals surface area (Å²) in [6.07, 6.45) is 9.29. The van der Waals surface area contributed by atoms with Gasteiger partial charge in [-0.15, -0.1) is 11.8 Å². The van der Waals surface area contributed by atoms with Crippen molar-refractivity contribution in [3.05, 3.63) is 53.6 Å². The molecule has 3 rings (SSSR count). The predicted molar refractivity (Wildman–Crippen MR) is 147 cm³/mol. The van der Waals surface area contributed by atoms with Gasteiger partial charge in [0.05, 0.1) is 14.2 Å². The van der Waals surface area contributed by atoms with Crippen molar-refractivity contribution in [1.82, 2.24) is 0 Å². The van der Waals surface area contributed by atoms with E-state index in [1.807, 2.05) is 25.6 Å². The number of unbranched alkanes of at least 4 members (excludes halogenated alkanes) is 6. The Hall–Kier alpha value is -2.14. The maximum atomic E-state index is 10.6. The number of aliphatic carboxylic acids is 1. The quantitative estimate of drug-likeness (QED) is 0.280. The summed E-state index contributed by atoms with van der Waals surface area (Å²) in [7, 11) is 3.45. The zero-order chi connectivity index (χ0) is 25.7. The number of hydrogen-bond donors (Lipinski definition) is 1. The number of rotatable bonds is 13. The summed E-state index contributed by atoms with van der Waals surface area (Å²) in [5.74, 6) is 2.65. The van der Waals surface area contributed by atoms with Gasteiger partial charge in [0.2, 0.25) is 0 Å². The number of fused-ring (bicyclic) bond motifs is 1. The summed E-state index contributed by atoms with van der Waals surface area (Å²) in [6, 6.07) is 15.2. The molecule has 1 N–H and O–H groups in total. The normalized spacial score (nSPS) is 18.7. The Balaban J connectivity index is 0.00000210. The molecule has 1 aliphatic rings. The van der Waals surface area contributed by atoms with Gasteiger partial charge in [0.1, 0.15) is 11.5 Å². The van der Waals surface area contributed by atoms with Crippen LogP contribution in [-0.4, -0.2) is 31.0 Å². The highest BCUT2D eigenvalue weighted by Crippen LogP contribution is 2.52. The SMILES string of the molecule is CC.COc1ccc(C2(C)CSc3cc(OC)ccc3C2CCCCCCCCCC(=O)O)cc1. The van der Waals surface area contributed by atoms with Gasteiger partial charge in [0.25, 0.3) is 0 Å². The monoisotopic (exact) mass is 500 g/mol. The largest absolute Gasteiger partial charge is 0.497 e. The summed E-state index contributed by atoms with van der Waals surface area (Å²) in [5.41, 5.74) is 2.88. The van der Waals surface area contributed by atoms with Gasteiger partial charge < -0.3 is 14.6 Å². The van der Waals surface area contributed by atoms with Gasteiger partial charge in [0.15, 0.2) is 0 Å². The van der Waals surface area contributed by atoms with Gasteiger partial charge in [-0.05, 0) is 54.2 Å². The second-order valence-electron chi connectivity index (χ2n) is 9.30. The minimum atomic E-state index is -0.682. The summed E-state index contributed by atoms with van der Waals surface area (Å²) in [5, 5.41) is 8.75. The average Bonchev–Trinajstić information content (AvgIpc) is 2.89. The molecule has 0 saturated heterocycles. The molecule has 0 saturated carbocycles. The predicted octanol–water partition coefficient (Wildman–Crippen LogP) is 8.47. The van der Waals surface area contributed by atoms with Crippen molar-refractivity contribution in [3.8, 4) is 11.5 Å². The van der Waals surface area contributed by atoms with Gasteiger partial charge in [-0.25, -0.2) is 0 Å². The van der Waals surface area contributed by atoms with Gasteiger partial charge in [-0.2, -0.15) is 0 Å². The Morgan fingerprint density at radius 2 is 1.49 bits per heavy atom. The van der Waals surface area contributed by atoms with Crippen LogP contribution in [0, 0.1) is 0 Å². The number of carboxylic acids is 1. The maximum absolute atomic E-state index is 10.6. The first kappa shape index (κ1) is 29.1. The first-order valence-corrected chi connectivity index (χ1v) is 14.1. The van der Waals surface area contributed by atoms with Crippen molar-refractivity contribution < 1.29 is 19.4 Å². The summed E-state index contributed by atoms with van der Waals surface area (Å²) >= 11 is 1.94. The Bertz CT molecular complexity index is 896. The molecular formula is C30H44O4S. The van der Waals surface area contributed by atoms with Gasteiger partial charge in [-0.3, -0.25) is 4.79 Å². The smallest absolute Gasteiger partial charge is 0.303 e. The molecule has 5 heteroatoms. The summed E-state index contributed by atoms with van der Waals surface area (Å²) < 4.78 is 10.9. The molecule has 0 bridgehead atoms. The third-order valence-corrected chi connectivity index (χ3v) is 8.43. The fourth-order valence-electron chi connectivity index (χ4n) is 4.96. The lowest BCUT2D eigenvalue weighted by atomic mass is 9.68. The first-order valence-electron chi connectivity index (χ1n) is 13.1. The summed E-state index contributed by atoms with van der Waals surface area (Å²) in [4.78, 5) is 12.0. The van der Waals surface area contributed by atoms with Crippen LogP contribution in [0.3, 0.4) is 0 Å². The molecule has 0 aliphatic carbocycles. The highest BCUT2D eigenvalue weighted by atomic mass is 32.2. The number of ether oxygens (including phenoxy) is 2.